The van der Waals surface area contributed by atoms with E-state index < -0.39 is 11.9 Å². The van der Waals surface area contributed by atoms with E-state index in [0.717, 1.165) is 0 Å². The Kier molecular flexibility index (Phi) is 4.11. The number of nitrogens with one attached hydrogen (secondary N) is 2. The van der Waals surface area contributed by atoms with Crippen LogP contribution in [0.3, 0.4) is 0 Å². The number of benzene rings is 1. The summed E-state index contributed by atoms with van der Waals surface area (Å²) in [7, 11) is 0. The lowest BCUT2D eigenvalue weighted by Gasteiger charge is -2.10. The number of rotatable bonds is 3. The molecule has 0 aliphatic heterocycles. The number of aromatic carboxylic acids is 1. The Hall–Kier alpha value is -2.67. The number of carboxylic acids is 1. The van der Waals surface area contributed by atoms with Gasteiger partial charge in [-0.15, -0.1) is 0 Å². The maximum atomic E-state index is 11.7. The molecule has 2 aromatic rings. The first kappa shape index (κ1) is 13.8. The second-order valence-corrected chi connectivity index (χ2v) is 4.14. The van der Waals surface area contributed by atoms with E-state index in [9.17, 15) is 9.59 Å². The molecule has 102 valence electrons. The lowest BCUT2D eigenvalue weighted by Crippen LogP contribution is -2.34. The fraction of sp³-hybridized carbons (Fsp3) is 0. The van der Waals surface area contributed by atoms with Gasteiger partial charge in [0.15, 0.2) is 10.9 Å². The van der Waals surface area contributed by atoms with E-state index in [-0.39, 0.29) is 16.4 Å². The van der Waals surface area contributed by atoms with Gasteiger partial charge in [-0.3, -0.25) is 10.1 Å². The van der Waals surface area contributed by atoms with Crippen LogP contribution in [0.2, 0.25) is 0 Å². The van der Waals surface area contributed by atoms with Crippen molar-refractivity contribution in [1.82, 2.24) is 5.32 Å². The van der Waals surface area contributed by atoms with Crippen molar-refractivity contribution in [1.29, 1.82) is 0 Å². The Bertz CT molecular complexity index is 652. The molecule has 6 nitrogen and oxygen atoms in total. The Morgan fingerprint density at radius 1 is 1.15 bits per heavy atom. The third-order valence-electron chi connectivity index (χ3n) is 2.38. The molecular formula is C13H10N2O4S. The quantitative estimate of drug-likeness (QED) is 0.750. The van der Waals surface area contributed by atoms with Crippen molar-refractivity contribution >= 4 is 34.9 Å². The molecule has 7 heteroatoms. The average molecular weight is 290 g/mol. The second-order valence-electron chi connectivity index (χ2n) is 3.74. The zero-order chi connectivity index (χ0) is 14.5. The maximum Gasteiger partial charge on any atom is 0.337 e. The van der Waals surface area contributed by atoms with Crippen LogP contribution in [0, 0.1) is 0 Å². The van der Waals surface area contributed by atoms with Crippen LogP contribution in [0.1, 0.15) is 20.9 Å². The molecule has 0 saturated carbocycles. The SMILES string of the molecule is O=C(NC(=S)Nc1ccccc1C(=O)O)c1ccco1. The molecule has 2 rings (SSSR count). The minimum Gasteiger partial charge on any atom is -0.478 e. The first-order chi connectivity index (χ1) is 9.58. The predicted molar refractivity (Wildman–Crippen MR) is 75.8 cm³/mol. The highest BCUT2D eigenvalue weighted by Crippen LogP contribution is 2.14. The fourth-order valence-electron chi connectivity index (χ4n) is 1.50. The van der Waals surface area contributed by atoms with Gasteiger partial charge in [0.1, 0.15) is 0 Å². The number of hydrogen-bond acceptors (Lipinski definition) is 4. The molecule has 1 amide bonds. The van der Waals surface area contributed by atoms with Crippen molar-refractivity contribution in [2.75, 3.05) is 5.32 Å². The molecule has 20 heavy (non-hydrogen) atoms. The van der Waals surface area contributed by atoms with E-state index in [0.29, 0.717) is 5.69 Å². The topological polar surface area (TPSA) is 91.6 Å². The Morgan fingerprint density at radius 3 is 2.55 bits per heavy atom. The summed E-state index contributed by atoms with van der Waals surface area (Å²) >= 11 is 4.95. The normalized spacial score (nSPS) is 9.80. The molecule has 0 saturated heterocycles. The number of thiocarbonyl (C=S) groups is 1. The van der Waals surface area contributed by atoms with E-state index in [1.54, 1.807) is 24.3 Å². The first-order valence-corrected chi connectivity index (χ1v) is 5.97. The van der Waals surface area contributed by atoms with Crippen LogP contribution in [0.4, 0.5) is 5.69 Å². The first-order valence-electron chi connectivity index (χ1n) is 5.56. The highest BCUT2D eigenvalue weighted by molar-refractivity contribution is 7.80. The summed E-state index contributed by atoms with van der Waals surface area (Å²) in [5.41, 5.74) is 0.354. The largest absolute Gasteiger partial charge is 0.478 e. The number of anilines is 1. The molecule has 0 atom stereocenters. The smallest absolute Gasteiger partial charge is 0.337 e. The van der Waals surface area contributed by atoms with E-state index in [1.165, 1.54) is 18.4 Å². The van der Waals surface area contributed by atoms with E-state index in [1.807, 2.05) is 0 Å². The van der Waals surface area contributed by atoms with Crippen LogP contribution in [-0.4, -0.2) is 22.1 Å². The summed E-state index contributed by atoms with van der Waals surface area (Å²) in [5.74, 6) is -1.49. The summed E-state index contributed by atoms with van der Waals surface area (Å²) in [4.78, 5) is 22.7. The second kappa shape index (κ2) is 5.98. The van der Waals surface area contributed by atoms with E-state index in [4.69, 9.17) is 21.7 Å². The van der Waals surface area contributed by atoms with Crippen molar-refractivity contribution < 1.29 is 19.1 Å². The number of furan rings is 1. The molecule has 0 spiro atoms. The molecule has 1 aromatic carbocycles. The summed E-state index contributed by atoms with van der Waals surface area (Å²) in [6.07, 6.45) is 1.37. The van der Waals surface area contributed by atoms with Gasteiger partial charge in [0.2, 0.25) is 0 Å². The van der Waals surface area contributed by atoms with Crippen molar-refractivity contribution in [2.24, 2.45) is 0 Å². The van der Waals surface area contributed by atoms with E-state index >= 15 is 0 Å². The lowest BCUT2D eigenvalue weighted by molar-refractivity contribution is 0.0698. The van der Waals surface area contributed by atoms with Gasteiger partial charge in [0.05, 0.1) is 17.5 Å². The zero-order valence-electron chi connectivity index (χ0n) is 10.1. The molecule has 0 unspecified atom stereocenters. The van der Waals surface area contributed by atoms with Crippen LogP contribution in [0.5, 0.6) is 0 Å². The number of carbonyl (C=O) groups is 2. The number of carbonyl (C=O) groups excluding carboxylic acids is 1. The Labute approximate surface area is 119 Å². The van der Waals surface area contributed by atoms with Gasteiger partial charge in [-0.2, -0.15) is 0 Å². The van der Waals surface area contributed by atoms with Crippen LogP contribution < -0.4 is 10.6 Å². The molecule has 0 aliphatic rings. The van der Waals surface area contributed by atoms with Crippen LogP contribution >= 0.6 is 12.2 Å². The number of para-hydroxylation sites is 1. The summed E-state index contributed by atoms with van der Waals surface area (Å²) in [6, 6.07) is 9.30. The predicted octanol–water partition coefficient (Wildman–Crippen LogP) is 2.10. The molecular weight excluding hydrogens is 280 g/mol. The van der Waals surface area contributed by atoms with E-state index in [2.05, 4.69) is 10.6 Å². The zero-order valence-corrected chi connectivity index (χ0v) is 10.9. The van der Waals surface area contributed by atoms with Gasteiger partial charge >= 0.3 is 5.97 Å². The van der Waals surface area contributed by atoms with Crippen LogP contribution in [-0.2, 0) is 0 Å². The maximum absolute atomic E-state index is 11.7. The van der Waals surface area contributed by atoms with Gasteiger partial charge < -0.3 is 14.8 Å². The standard InChI is InChI=1S/C13H10N2O4S/c16-11(10-6-3-7-19-10)15-13(20)14-9-5-2-1-4-8(9)12(17)18/h1-7H,(H,17,18)(H2,14,15,16,20). The summed E-state index contributed by atoms with van der Waals surface area (Å²) in [6.45, 7) is 0. The third-order valence-corrected chi connectivity index (χ3v) is 2.58. The van der Waals surface area contributed by atoms with Crippen molar-refractivity contribution in [3.05, 3.63) is 54.0 Å². The van der Waals surface area contributed by atoms with Gasteiger partial charge in [-0.1, -0.05) is 12.1 Å². The number of amides is 1. The van der Waals surface area contributed by atoms with Crippen molar-refractivity contribution in [2.45, 2.75) is 0 Å². The van der Waals surface area contributed by atoms with Gasteiger partial charge in [0.25, 0.3) is 5.91 Å². The van der Waals surface area contributed by atoms with Crippen LogP contribution in [0.15, 0.2) is 47.1 Å². The minimum atomic E-state index is -1.09. The molecule has 1 aromatic heterocycles. The summed E-state index contributed by atoms with van der Waals surface area (Å²) in [5, 5.41) is 14.1. The minimum absolute atomic E-state index is 0.0138. The van der Waals surface area contributed by atoms with Gasteiger partial charge in [0, 0.05) is 0 Å². The lowest BCUT2D eigenvalue weighted by atomic mass is 10.2. The molecule has 0 fully saturated rings. The fourth-order valence-corrected chi connectivity index (χ4v) is 1.71. The van der Waals surface area contributed by atoms with Crippen molar-refractivity contribution in [3.63, 3.8) is 0 Å². The van der Waals surface area contributed by atoms with Gasteiger partial charge in [-0.05, 0) is 36.5 Å². The molecule has 0 radical (unpaired) electrons. The highest BCUT2D eigenvalue weighted by Gasteiger charge is 2.13. The third kappa shape index (κ3) is 3.21. The molecule has 3 N–H and O–H groups in total. The van der Waals surface area contributed by atoms with Gasteiger partial charge in [-0.25, -0.2) is 4.79 Å². The number of hydrogen-bond donors (Lipinski definition) is 3. The Morgan fingerprint density at radius 2 is 1.90 bits per heavy atom. The molecule has 1 heterocycles. The highest BCUT2D eigenvalue weighted by atomic mass is 32.1. The monoisotopic (exact) mass is 290 g/mol. The average Bonchev–Trinajstić information content (AvgIpc) is 2.92. The summed E-state index contributed by atoms with van der Waals surface area (Å²) < 4.78 is 4.91. The number of carboxylic acid groups (broad SMARTS) is 1. The molecule has 0 bridgehead atoms. The van der Waals surface area contributed by atoms with Crippen molar-refractivity contribution in [3.8, 4) is 0 Å². The Balaban J connectivity index is 2.05. The molecule has 0 aliphatic carbocycles. The van der Waals surface area contributed by atoms with Crippen LogP contribution in [0.25, 0.3) is 0 Å².